The molecule has 0 aromatic carbocycles. The van der Waals surface area contributed by atoms with Crippen LogP contribution in [-0.4, -0.2) is 82.7 Å². The van der Waals surface area contributed by atoms with Crippen LogP contribution < -0.4 is 5.73 Å². The zero-order valence-electron chi connectivity index (χ0n) is 11.4. The van der Waals surface area contributed by atoms with E-state index in [-0.39, 0.29) is 18.0 Å². The van der Waals surface area contributed by atoms with Crippen LogP contribution in [0.25, 0.3) is 0 Å². The van der Waals surface area contributed by atoms with Crippen LogP contribution in [0.15, 0.2) is 12.4 Å². The van der Waals surface area contributed by atoms with Gasteiger partial charge in [0.25, 0.3) is 0 Å². The Hall–Kier alpha value is -1.51. The monoisotopic (exact) mass is 280 g/mol. The number of nitrogens with zero attached hydrogens (tertiary/aromatic N) is 5. The van der Waals surface area contributed by atoms with Crippen LogP contribution in [-0.2, 0) is 9.53 Å². The van der Waals surface area contributed by atoms with Crippen molar-refractivity contribution in [1.82, 2.24) is 24.8 Å². The van der Waals surface area contributed by atoms with Crippen molar-refractivity contribution in [2.45, 2.75) is 12.1 Å². The van der Waals surface area contributed by atoms with Gasteiger partial charge in [-0.15, -0.1) is 5.10 Å². The summed E-state index contributed by atoms with van der Waals surface area (Å²) in [6.07, 6.45) is 3.46. The molecule has 0 spiro atoms. The van der Waals surface area contributed by atoms with Crippen molar-refractivity contribution < 1.29 is 9.53 Å². The molecule has 3 rings (SSSR count). The minimum atomic E-state index is -0.0193. The van der Waals surface area contributed by atoms with Crippen LogP contribution in [0.3, 0.4) is 0 Å². The summed E-state index contributed by atoms with van der Waals surface area (Å²) in [6, 6.07) is 0.0733. The molecular weight excluding hydrogens is 260 g/mol. The highest BCUT2D eigenvalue weighted by atomic mass is 16.5. The van der Waals surface area contributed by atoms with Crippen molar-refractivity contribution in [3.05, 3.63) is 12.4 Å². The Bertz CT molecular complexity index is 445. The summed E-state index contributed by atoms with van der Waals surface area (Å²) in [5.41, 5.74) is 6.14. The third kappa shape index (κ3) is 2.82. The number of morpholine rings is 1. The lowest BCUT2D eigenvalue weighted by Crippen LogP contribution is -2.45. The number of ether oxygens (including phenoxy) is 1. The van der Waals surface area contributed by atoms with Crippen molar-refractivity contribution >= 4 is 5.91 Å². The molecule has 2 fully saturated rings. The molecule has 1 amide bonds. The molecule has 2 aliphatic heterocycles. The van der Waals surface area contributed by atoms with Crippen molar-refractivity contribution in [3.8, 4) is 0 Å². The fraction of sp³-hybridized carbons (Fsp3) is 0.750. The molecule has 0 bridgehead atoms. The van der Waals surface area contributed by atoms with Crippen LogP contribution in [0.2, 0.25) is 0 Å². The molecule has 2 aliphatic rings. The Balaban J connectivity index is 1.55. The predicted octanol–water partition coefficient (Wildman–Crippen LogP) is -1.68. The molecule has 1 aromatic rings. The second-order valence-electron chi connectivity index (χ2n) is 5.30. The smallest absolute Gasteiger partial charge is 0.236 e. The highest BCUT2D eigenvalue weighted by molar-refractivity contribution is 5.78. The van der Waals surface area contributed by atoms with Crippen molar-refractivity contribution in [1.29, 1.82) is 0 Å². The Morgan fingerprint density at radius 3 is 2.85 bits per heavy atom. The molecule has 0 radical (unpaired) electrons. The number of nitrogens with two attached hydrogens (primary N) is 1. The van der Waals surface area contributed by atoms with Gasteiger partial charge < -0.3 is 15.4 Å². The van der Waals surface area contributed by atoms with Gasteiger partial charge in [-0.1, -0.05) is 5.21 Å². The fourth-order valence-corrected chi connectivity index (χ4v) is 2.80. The molecule has 0 unspecified atom stereocenters. The molecule has 20 heavy (non-hydrogen) atoms. The van der Waals surface area contributed by atoms with Gasteiger partial charge in [0.1, 0.15) is 0 Å². The van der Waals surface area contributed by atoms with E-state index in [2.05, 4.69) is 15.2 Å². The quantitative estimate of drug-likeness (QED) is 0.711. The topological polar surface area (TPSA) is 89.5 Å². The lowest BCUT2D eigenvalue weighted by Gasteiger charge is -2.28. The van der Waals surface area contributed by atoms with Gasteiger partial charge in [-0.05, 0) is 0 Å². The van der Waals surface area contributed by atoms with Gasteiger partial charge in [0, 0.05) is 38.4 Å². The highest BCUT2D eigenvalue weighted by Crippen LogP contribution is 2.19. The molecule has 3 heterocycles. The number of amides is 1. The maximum Gasteiger partial charge on any atom is 0.236 e. The minimum Gasteiger partial charge on any atom is -0.378 e. The molecule has 1 aromatic heterocycles. The minimum absolute atomic E-state index is 0.0193. The highest BCUT2D eigenvalue weighted by Gasteiger charge is 2.33. The van der Waals surface area contributed by atoms with Gasteiger partial charge in [0.15, 0.2) is 0 Å². The van der Waals surface area contributed by atoms with Gasteiger partial charge >= 0.3 is 0 Å². The van der Waals surface area contributed by atoms with E-state index >= 15 is 0 Å². The average molecular weight is 280 g/mol. The second-order valence-corrected chi connectivity index (χ2v) is 5.30. The first-order chi connectivity index (χ1) is 9.74. The second kappa shape index (κ2) is 5.86. The van der Waals surface area contributed by atoms with Crippen LogP contribution in [0, 0.1) is 0 Å². The third-order valence-electron chi connectivity index (χ3n) is 3.91. The average Bonchev–Trinajstić information content (AvgIpc) is 3.09. The van der Waals surface area contributed by atoms with Gasteiger partial charge in [-0.25, -0.2) is 4.68 Å². The number of likely N-dealkylation sites (tertiary alicyclic amines) is 1. The van der Waals surface area contributed by atoms with E-state index in [4.69, 9.17) is 10.5 Å². The maximum atomic E-state index is 12.2. The lowest BCUT2D eigenvalue weighted by molar-refractivity contribution is -0.136. The fourth-order valence-electron chi connectivity index (χ4n) is 2.80. The molecule has 110 valence electrons. The summed E-state index contributed by atoms with van der Waals surface area (Å²) < 4.78 is 7.04. The van der Waals surface area contributed by atoms with E-state index in [1.807, 2.05) is 11.1 Å². The molecule has 2 atom stereocenters. The summed E-state index contributed by atoms with van der Waals surface area (Å²) in [7, 11) is 0. The molecule has 0 aliphatic carbocycles. The summed E-state index contributed by atoms with van der Waals surface area (Å²) in [6.45, 7) is 4.50. The number of carbonyl (C=O) groups excluding carboxylic acids is 1. The molecule has 2 saturated heterocycles. The molecule has 8 heteroatoms. The lowest BCUT2D eigenvalue weighted by atomic mass is 10.2. The van der Waals surface area contributed by atoms with E-state index in [0.29, 0.717) is 39.4 Å². The normalized spacial score (nSPS) is 27.9. The van der Waals surface area contributed by atoms with Crippen molar-refractivity contribution in [3.63, 3.8) is 0 Å². The predicted molar refractivity (Wildman–Crippen MR) is 70.9 cm³/mol. The van der Waals surface area contributed by atoms with E-state index in [9.17, 15) is 4.79 Å². The van der Waals surface area contributed by atoms with Crippen molar-refractivity contribution in [2.24, 2.45) is 5.73 Å². The number of rotatable bonds is 3. The van der Waals surface area contributed by atoms with Gasteiger partial charge in [-0.2, -0.15) is 0 Å². The molecular formula is C12H20N6O2. The van der Waals surface area contributed by atoms with Gasteiger partial charge in [-0.3, -0.25) is 9.69 Å². The van der Waals surface area contributed by atoms with Gasteiger partial charge in [0.05, 0.1) is 32.0 Å². The first-order valence-electron chi connectivity index (χ1n) is 6.93. The van der Waals surface area contributed by atoms with Crippen molar-refractivity contribution in [2.75, 3.05) is 45.9 Å². The maximum absolute atomic E-state index is 12.2. The first kappa shape index (κ1) is 13.5. The summed E-state index contributed by atoms with van der Waals surface area (Å²) in [5.74, 6) is 0.153. The first-order valence-corrected chi connectivity index (χ1v) is 6.93. The summed E-state index contributed by atoms with van der Waals surface area (Å²) in [4.78, 5) is 16.2. The number of hydrogen-bond donors (Lipinski definition) is 1. The Morgan fingerprint density at radius 2 is 2.15 bits per heavy atom. The number of carbonyl (C=O) groups is 1. The SMILES string of the molecule is N[C@@H]1CN(CC(=O)N2CCOCC2)C[C@@H]1n1ccnn1. The standard InChI is InChI=1S/C12H20N6O2/c13-10-7-16(8-11(10)18-2-1-14-15-18)9-12(19)17-3-5-20-6-4-17/h1-2,10-11H,3-9,13H2/t10-,11+/m1/s1. The molecule has 0 saturated carbocycles. The van der Waals surface area contributed by atoms with Crippen LogP contribution in [0.4, 0.5) is 0 Å². The zero-order valence-corrected chi connectivity index (χ0v) is 11.4. The van der Waals surface area contributed by atoms with E-state index in [0.717, 1.165) is 6.54 Å². The van der Waals surface area contributed by atoms with E-state index in [1.54, 1.807) is 10.9 Å². The zero-order chi connectivity index (χ0) is 13.9. The molecule has 2 N–H and O–H groups in total. The third-order valence-corrected chi connectivity index (χ3v) is 3.91. The van der Waals surface area contributed by atoms with Gasteiger partial charge in [0.2, 0.25) is 5.91 Å². The largest absolute Gasteiger partial charge is 0.378 e. The summed E-state index contributed by atoms with van der Waals surface area (Å²) in [5, 5.41) is 7.81. The Morgan fingerprint density at radius 1 is 1.35 bits per heavy atom. The summed E-state index contributed by atoms with van der Waals surface area (Å²) >= 11 is 0. The van der Waals surface area contributed by atoms with Crippen LogP contribution in [0.5, 0.6) is 0 Å². The molecule has 8 nitrogen and oxygen atoms in total. The number of hydrogen-bond acceptors (Lipinski definition) is 6. The number of aromatic nitrogens is 3. The van der Waals surface area contributed by atoms with E-state index in [1.165, 1.54) is 0 Å². The van der Waals surface area contributed by atoms with Crippen LogP contribution >= 0.6 is 0 Å². The Kier molecular flexibility index (Phi) is 3.95. The Labute approximate surface area is 117 Å². The van der Waals surface area contributed by atoms with Crippen LogP contribution in [0.1, 0.15) is 6.04 Å². The van der Waals surface area contributed by atoms with E-state index < -0.39 is 0 Å².